The second-order valence-electron chi connectivity index (χ2n) is 4.86. The molecule has 0 spiro atoms. The molecule has 1 aromatic heterocycles. The number of ether oxygens (including phenoxy) is 1. The van der Waals surface area contributed by atoms with Crippen LogP contribution in [0.15, 0.2) is 43.0 Å². The molecule has 1 aliphatic rings. The number of hydrogen-bond donors (Lipinski definition) is 1. The van der Waals surface area contributed by atoms with Crippen LogP contribution in [0.5, 0.6) is 5.75 Å². The lowest BCUT2D eigenvalue weighted by Gasteiger charge is -2.20. The van der Waals surface area contributed by atoms with Gasteiger partial charge in [-0.25, -0.2) is 9.97 Å². The second-order valence-corrected chi connectivity index (χ2v) is 4.86. The fourth-order valence-corrected chi connectivity index (χ4v) is 2.33. The third-order valence-electron chi connectivity index (χ3n) is 3.55. The van der Waals surface area contributed by atoms with E-state index in [1.54, 1.807) is 7.11 Å². The van der Waals surface area contributed by atoms with Gasteiger partial charge in [-0.05, 0) is 18.9 Å². The summed E-state index contributed by atoms with van der Waals surface area (Å²) >= 11 is 0. The lowest BCUT2D eigenvalue weighted by atomic mass is 10.0. The first-order valence-electron chi connectivity index (χ1n) is 6.46. The quantitative estimate of drug-likeness (QED) is 0.920. The van der Waals surface area contributed by atoms with Crippen LogP contribution in [0, 0.1) is 0 Å². The number of para-hydroxylation sites is 1. The van der Waals surface area contributed by atoms with Gasteiger partial charge in [-0.2, -0.15) is 0 Å². The monoisotopic (exact) mass is 269 g/mol. The highest BCUT2D eigenvalue weighted by Crippen LogP contribution is 2.48. The molecular weight excluding hydrogens is 254 g/mol. The summed E-state index contributed by atoms with van der Waals surface area (Å²) in [6, 6.07) is 7.78. The molecule has 0 unspecified atom stereocenters. The van der Waals surface area contributed by atoms with E-state index in [4.69, 9.17) is 4.74 Å². The number of benzene rings is 1. The largest absolute Gasteiger partial charge is 0.496 e. The Kier molecular flexibility index (Phi) is 3.10. The van der Waals surface area contributed by atoms with Crippen LogP contribution in [0.3, 0.4) is 0 Å². The SMILES string of the molecule is COc1ccccc1C1(NC(=O)c2cncnc2)CC1. The van der Waals surface area contributed by atoms with Crippen LogP contribution in [-0.4, -0.2) is 23.0 Å². The van der Waals surface area contributed by atoms with E-state index in [1.807, 2.05) is 24.3 Å². The van der Waals surface area contributed by atoms with E-state index in [1.165, 1.54) is 18.7 Å². The van der Waals surface area contributed by atoms with Gasteiger partial charge >= 0.3 is 0 Å². The van der Waals surface area contributed by atoms with Crippen molar-refractivity contribution in [1.29, 1.82) is 0 Å². The van der Waals surface area contributed by atoms with E-state index in [-0.39, 0.29) is 11.4 Å². The third-order valence-corrected chi connectivity index (χ3v) is 3.55. The predicted octanol–water partition coefficient (Wildman–Crippen LogP) is 1.90. The zero-order chi connectivity index (χ0) is 14.0. The highest BCUT2D eigenvalue weighted by molar-refractivity contribution is 5.94. The number of aromatic nitrogens is 2. The summed E-state index contributed by atoms with van der Waals surface area (Å²) in [6.45, 7) is 0. The molecule has 1 heterocycles. The van der Waals surface area contributed by atoms with Gasteiger partial charge in [0.05, 0.1) is 18.2 Å². The van der Waals surface area contributed by atoms with Crippen molar-refractivity contribution < 1.29 is 9.53 Å². The van der Waals surface area contributed by atoms with Gasteiger partial charge in [-0.1, -0.05) is 18.2 Å². The molecule has 1 saturated carbocycles. The molecule has 1 aromatic carbocycles. The van der Waals surface area contributed by atoms with E-state index in [9.17, 15) is 4.79 Å². The van der Waals surface area contributed by atoms with Crippen LogP contribution in [0.25, 0.3) is 0 Å². The molecule has 3 rings (SSSR count). The number of nitrogens with one attached hydrogen (secondary N) is 1. The van der Waals surface area contributed by atoms with Crippen LogP contribution < -0.4 is 10.1 Å². The minimum Gasteiger partial charge on any atom is -0.496 e. The molecule has 0 radical (unpaired) electrons. The lowest BCUT2D eigenvalue weighted by molar-refractivity contribution is 0.0929. The van der Waals surface area contributed by atoms with Gasteiger partial charge in [0.1, 0.15) is 12.1 Å². The van der Waals surface area contributed by atoms with Crippen LogP contribution >= 0.6 is 0 Å². The summed E-state index contributed by atoms with van der Waals surface area (Å²) in [5, 5.41) is 3.08. The minimum atomic E-state index is -0.320. The van der Waals surface area contributed by atoms with Gasteiger partial charge in [0, 0.05) is 18.0 Å². The van der Waals surface area contributed by atoms with Crippen molar-refractivity contribution in [3.8, 4) is 5.75 Å². The van der Waals surface area contributed by atoms with Crippen molar-refractivity contribution in [2.45, 2.75) is 18.4 Å². The Labute approximate surface area is 117 Å². The van der Waals surface area contributed by atoms with Gasteiger partial charge in [-0.15, -0.1) is 0 Å². The molecule has 5 heteroatoms. The molecule has 1 N–H and O–H groups in total. The Morgan fingerprint density at radius 3 is 2.60 bits per heavy atom. The first-order valence-corrected chi connectivity index (χ1v) is 6.46. The molecular formula is C15H15N3O2. The number of carbonyl (C=O) groups excluding carboxylic acids is 1. The maximum absolute atomic E-state index is 12.2. The maximum Gasteiger partial charge on any atom is 0.255 e. The number of amides is 1. The molecule has 0 atom stereocenters. The van der Waals surface area contributed by atoms with Crippen molar-refractivity contribution in [2.75, 3.05) is 7.11 Å². The van der Waals surface area contributed by atoms with Crippen molar-refractivity contribution in [3.63, 3.8) is 0 Å². The Morgan fingerprint density at radius 1 is 1.25 bits per heavy atom. The first kappa shape index (κ1) is 12.6. The molecule has 5 nitrogen and oxygen atoms in total. The fraction of sp³-hybridized carbons (Fsp3) is 0.267. The Hall–Kier alpha value is -2.43. The molecule has 2 aromatic rings. The van der Waals surface area contributed by atoms with E-state index < -0.39 is 0 Å². The van der Waals surface area contributed by atoms with Crippen molar-refractivity contribution in [1.82, 2.24) is 15.3 Å². The summed E-state index contributed by atoms with van der Waals surface area (Å²) in [4.78, 5) is 20.0. The molecule has 1 amide bonds. The van der Waals surface area contributed by atoms with Gasteiger partial charge in [0.15, 0.2) is 0 Å². The molecule has 20 heavy (non-hydrogen) atoms. The summed E-state index contributed by atoms with van der Waals surface area (Å²) in [7, 11) is 1.64. The molecule has 1 aliphatic carbocycles. The molecule has 0 bridgehead atoms. The average molecular weight is 269 g/mol. The average Bonchev–Trinajstić information content (AvgIpc) is 3.28. The van der Waals surface area contributed by atoms with Crippen LogP contribution in [0.2, 0.25) is 0 Å². The van der Waals surface area contributed by atoms with Crippen molar-refractivity contribution in [3.05, 3.63) is 54.1 Å². The predicted molar refractivity (Wildman–Crippen MR) is 73.4 cm³/mol. The van der Waals surface area contributed by atoms with Crippen LogP contribution in [-0.2, 0) is 5.54 Å². The molecule has 0 saturated heterocycles. The molecule has 102 valence electrons. The topological polar surface area (TPSA) is 64.1 Å². The van der Waals surface area contributed by atoms with Gasteiger partial charge in [-0.3, -0.25) is 4.79 Å². The second kappa shape index (κ2) is 4.92. The van der Waals surface area contributed by atoms with E-state index in [0.717, 1.165) is 24.2 Å². The standard InChI is InChI=1S/C15H15N3O2/c1-20-13-5-3-2-4-12(13)15(6-7-15)18-14(19)11-8-16-10-17-9-11/h2-5,8-10H,6-7H2,1H3,(H,18,19). The highest BCUT2D eigenvalue weighted by Gasteiger charge is 2.47. The summed E-state index contributed by atoms with van der Waals surface area (Å²) in [5.74, 6) is 0.642. The summed E-state index contributed by atoms with van der Waals surface area (Å²) < 4.78 is 5.38. The number of rotatable bonds is 4. The van der Waals surface area contributed by atoms with Crippen molar-refractivity contribution >= 4 is 5.91 Å². The maximum atomic E-state index is 12.2. The Bertz CT molecular complexity index is 624. The minimum absolute atomic E-state index is 0.158. The number of methoxy groups -OCH3 is 1. The van der Waals surface area contributed by atoms with Gasteiger partial charge in [0.25, 0.3) is 5.91 Å². The first-order chi connectivity index (χ1) is 9.75. The lowest BCUT2D eigenvalue weighted by Crippen LogP contribution is -2.35. The zero-order valence-electron chi connectivity index (χ0n) is 11.2. The van der Waals surface area contributed by atoms with Crippen molar-refractivity contribution in [2.24, 2.45) is 0 Å². The van der Waals surface area contributed by atoms with Crippen LogP contribution in [0.4, 0.5) is 0 Å². The van der Waals surface area contributed by atoms with Crippen LogP contribution in [0.1, 0.15) is 28.8 Å². The van der Waals surface area contributed by atoms with Gasteiger partial charge in [0.2, 0.25) is 0 Å². The Balaban J connectivity index is 1.85. The number of nitrogens with zero attached hydrogens (tertiary/aromatic N) is 2. The fourth-order valence-electron chi connectivity index (χ4n) is 2.33. The summed E-state index contributed by atoms with van der Waals surface area (Å²) in [5.41, 5.74) is 1.17. The number of carbonyl (C=O) groups is 1. The smallest absolute Gasteiger partial charge is 0.255 e. The highest BCUT2D eigenvalue weighted by atomic mass is 16.5. The number of hydrogen-bond acceptors (Lipinski definition) is 4. The normalized spacial score (nSPS) is 15.4. The Morgan fingerprint density at radius 2 is 1.95 bits per heavy atom. The third kappa shape index (κ3) is 2.22. The molecule has 0 aliphatic heterocycles. The van der Waals surface area contributed by atoms with E-state index in [2.05, 4.69) is 15.3 Å². The zero-order valence-corrected chi connectivity index (χ0v) is 11.2. The van der Waals surface area contributed by atoms with E-state index in [0.29, 0.717) is 5.56 Å². The van der Waals surface area contributed by atoms with Gasteiger partial charge < -0.3 is 10.1 Å². The molecule has 1 fully saturated rings. The summed E-state index contributed by atoms with van der Waals surface area (Å²) in [6.07, 6.45) is 6.25. The van der Waals surface area contributed by atoms with E-state index >= 15 is 0 Å².